The Hall–Kier alpha value is -1.53. The van der Waals surface area contributed by atoms with Gasteiger partial charge in [-0.15, -0.1) is 0 Å². The van der Waals surface area contributed by atoms with E-state index in [2.05, 4.69) is 10.3 Å². The molecule has 0 atom stereocenters. The summed E-state index contributed by atoms with van der Waals surface area (Å²) in [6.07, 6.45) is 2.60. The van der Waals surface area contributed by atoms with Gasteiger partial charge < -0.3 is 14.8 Å². The molecular formula is C14H18N2O3S. The summed E-state index contributed by atoms with van der Waals surface area (Å²) in [6, 6.07) is 7.52. The Morgan fingerprint density at radius 3 is 2.95 bits per heavy atom. The second-order valence-corrected chi connectivity index (χ2v) is 5.30. The molecule has 0 bridgehead atoms. The number of unbranched alkanes of at least 4 members (excludes halogenated alkanes) is 2. The van der Waals surface area contributed by atoms with Gasteiger partial charge in [-0.1, -0.05) is 23.9 Å². The number of carbonyl (C=O) groups excluding carboxylic acids is 1. The number of nitrogens with one attached hydrogen (secondary N) is 1. The van der Waals surface area contributed by atoms with Crippen molar-refractivity contribution in [2.45, 2.75) is 24.5 Å². The number of hydrogen-bond acceptors (Lipinski definition) is 5. The summed E-state index contributed by atoms with van der Waals surface area (Å²) in [6.45, 7) is 0.856. The summed E-state index contributed by atoms with van der Waals surface area (Å²) in [4.78, 5) is 15.9. The lowest BCUT2D eigenvalue weighted by Crippen LogP contribution is -2.26. The Morgan fingerprint density at radius 1 is 1.30 bits per heavy atom. The molecule has 0 saturated carbocycles. The fraction of sp³-hybridized carbons (Fsp3) is 0.429. The minimum Gasteiger partial charge on any atom is -0.431 e. The van der Waals surface area contributed by atoms with Gasteiger partial charge in [-0.2, -0.15) is 0 Å². The first-order valence-corrected chi connectivity index (χ1v) is 7.64. The smallest absolute Gasteiger partial charge is 0.257 e. The van der Waals surface area contributed by atoms with Crippen LogP contribution in [0.2, 0.25) is 0 Å². The molecule has 2 aromatic rings. The van der Waals surface area contributed by atoms with E-state index in [9.17, 15) is 4.79 Å². The van der Waals surface area contributed by atoms with E-state index in [0.29, 0.717) is 17.5 Å². The largest absolute Gasteiger partial charge is 0.431 e. The molecule has 2 rings (SSSR count). The van der Waals surface area contributed by atoms with Crippen LogP contribution < -0.4 is 5.32 Å². The number of oxazole rings is 1. The lowest BCUT2D eigenvalue weighted by Gasteiger charge is -2.03. The van der Waals surface area contributed by atoms with Crippen molar-refractivity contribution in [1.29, 1.82) is 0 Å². The van der Waals surface area contributed by atoms with Crippen molar-refractivity contribution in [3.8, 4) is 0 Å². The average Bonchev–Trinajstić information content (AvgIpc) is 2.88. The summed E-state index contributed by atoms with van der Waals surface area (Å²) >= 11 is 1.29. The zero-order valence-corrected chi connectivity index (χ0v) is 12.0. The van der Waals surface area contributed by atoms with E-state index in [1.165, 1.54) is 11.8 Å². The number of thioether (sulfide) groups is 1. The van der Waals surface area contributed by atoms with Gasteiger partial charge in [0.25, 0.3) is 5.22 Å². The summed E-state index contributed by atoms with van der Waals surface area (Å²) in [7, 11) is 0. The van der Waals surface area contributed by atoms with Crippen molar-refractivity contribution in [2.24, 2.45) is 0 Å². The van der Waals surface area contributed by atoms with Crippen molar-refractivity contribution in [2.75, 3.05) is 18.9 Å². The topological polar surface area (TPSA) is 75.4 Å². The molecule has 1 aromatic heterocycles. The molecule has 6 heteroatoms. The number of nitrogens with zero attached hydrogens (tertiary/aromatic N) is 1. The van der Waals surface area contributed by atoms with Crippen molar-refractivity contribution in [1.82, 2.24) is 10.3 Å². The minimum absolute atomic E-state index is 0.0266. The lowest BCUT2D eigenvalue weighted by molar-refractivity contribution is -0.118. The molecule has 0 unspecified atom stereocenters. The van der Waals surface area contributed by atoms with Gasteiger partial charge in [0.1, 0.15) is 5.52 Å². The number of para-hydroxylation sites is 2. The molecule has 5 nitrogen and oxygen atoms in total. The van der Waals surface area contributed by atoms with Crippen molar-refractivity contribution in [3.63, 3.8) is 0 Å². The van der Waals surface area contributed by atoms with Gasteiger partial charge in [0.05, 0.1) is 5.75 Å². The predicted octanol–water partition coefficient (Wildman–Crippen LogP) is 2.20. The summed E-state index contributed by atoms with van der Waals surface area (Å²) in [5, 5.41) is 12.0. The van der Waals surface area contributed by atoms with E-state index >= 15 is 0 Å². The van der Waals surface area contributed by atoms with E-state index in [4.69, 9.17) is 9.52 Å². The van der Waals surface area contributed by atoms with Crippen LogP contribution in [0.5, 0.6) is 0 Å². The van der Waals surface area contributed by atoms with Gasteiger partial charge in [-0.25, -0.2) is 4.98 Å². The number of hydrogen-bond donors (Lipinski definition) is 2. The molecule has 1 heterocycles. The second-order valence-electron chi connectivity index (χ2n) is 4.37. The second kappa shape index (κ2) is 7.91. The van der Waals surface area contributed by atoms with Crippen LogP contribution in [0.1, 0.15) is 19.3 Å². The molecular weight excluding hydrogens is 276 g/mol. The highest BCUT2D eigenvalue weighted by Crippen LogP contribution is 2.22. The van der Waals surface area contributed by atoms with Gasteiger partial charge in [-0.3, -0.25) is 4.79 Å². The Kier molecular flexibility index (Phi) is 5.88. The van der Waals surface area contributed by atoms with Crippen LogP contribution in [0.25, 0.3) is 11.1 Å². The maximum absolute atomic E-state index is 11.6. The standard InChI is InChI=1S/C14H18N2O3S/c17-9-5-1-4-8-15-13(18)10-20-14-16-11-6-2-3-7-12(11)19-14/h2-3,6-7,17H,1,4-5,8-10H2,(H,15,18). The van der Waals surface area contributed by atoms with Gasteiger partial charge in [0.15, 0.2) is 5.58 Å². The van der Waals surface area contributed by atoms with E-state index in [-0.39, 0.29) is 12.5 Å². The molecule has 108 valence electrons. The van der Waals surface area contributed by atoms with Crippen molar-refractivity contribution in [3.05, 3.63) is 24.3 Å². The highest BCUT2D eigenvalue weighted by Gasteiger charge is 2.08. The first-order valence-electron chi connectivity index (χ1n) is 6.65. The molecule has 0 spiro atoms. The Bertz CT molecular complexity index is 523. The summed E-state index contributed by atoms with van der Waals surface area (Å²) in [5.74, 6) is 0.272. The molecule has 1 amide bonds. The summed E-state index contributed by atoms with van der Waals surface area (Å²) in [5.41, 5.74) is 1.54. The third-order valence-electron chi connectivity index (χ3n) is 2.76. The number of amides is 1. The van der Waals surface area contributed by atoms with Crippen LogP contribution in [-0.4, -0.2) is 34.9 Å². The Labute approximate surface area is 121 Å². The van der Waals surface area contributed by atoms with Gasteiger partial charge >= 0.3 is 0 Å². The number of rotatable bonds is 8. The van der Waals surface area contributed by atoms with Crippen LogP contribution in [0.3, 0.4) is 0 Å². The molecule has 0 aliphatic carbocycles. The Morgan fingerprint density at radius 2 is 2.15 bits per heavy atom. The molecule has 0 radical (unpaired) electrons. The zero-order chi connectivity index (χ0) is 14.2. The van der Waals surface area contributed by atoms with E-state index in [0.717, 1.165) is 30.4 Å². The van der Waals surface area contributed by atoms with Gasteiger partial charge in [-0.05, 0) is 31.4 Å². The van der Waals surface area contributed by atoms with Gasteiger partial charge in [0, 0.05) is 13.2 Å². The molecule has 0 saturated heterocycles. The maximum Gasteiger partial charge on any atom is 0.257 e. The molecule has 0 fully saturated rings. The highest BCUT2D eigenvalue weighted by molar-refractivity contribution is 7.99. The number of carbonyl (C=O) groups is 1. The SMILES string of the molecule is O=C(CSc1nc2ccccc2o1)NCCCCCO. The van der Waals surface area contributed by atoms with E-state index in [1.807, 2.05) is 24.3 Å². The number of aliphatic hydroxyl groups is 1. The Balaban J connectivity index is 1.70. The highest BCUT2D eigenvalue weighted by atomic mass is 32.2. The van der Waals surface area contributed by atoms with E-state index in [1.54, 1.807) is 0 Å². The number of fused-ring (bicyclic) bond motifs is 1. The fourth-order valence-corrected chi connectivity index (χ4v) is 2.40. The summed E-state index contributed by atoms with van der Waals surface area (Å²) < 4.78 is 5.52. The first-order chi connectivity index (χ1) is 9.79. The molecule has 0 aliphatic heterocycles. The molecule has 0 aliphatic rings. The monoisotopic (exact) mass is 294 g/mol. The predicted molar refractivity (Wildman–Crippen MR) is 78.7 cm³/mol. The molecule has 2 N–H and O–H groups in total. The van der Waals surface area contributed by atoms with Crippen molar-refractivity contribution < 1.29 is 14.3 Å². The average molecular weight is 294 g/mol. The van der Waals surface area contributed by atoms with Gasteiger partial charge in [0.2, 0.25) is 5.91 Å². The lowest BCUT2D eigenvalue weighted by atomic mass is 10.2. The minimum atomic E-state index is -0.0266. The first kappa shape index (κ1) is 14.9. The fourth-order valence-electron chi connectivity index (χ4n) is 1.73. The number of aromatic nitrogens is 1. The van der Waals surface area contributed by atoms with E-state index < -0.39 is 0 Å². The quantitative estimate of drug-likeness (QED) is 0.576. The van der Waals surface area contributed by atoms with Crippen LogP contribution in [0, 0.1) is 0 Å². The van der Waals surface area contributed by atoms with Crippen LogP contribution in [0.15, 0.2) is 33.9 Å². The third-order valence-corrected chi connectivity index (χ3v) is 3.59. The molecule has 1 aromatic carbocycles. The normalized spacial score (nSPS) is 10.8. The van der Waals surface area contributed by atoms with Crippen molar-refractivity contribution >= 4 is 28.8 Å². The molecule has 20 heavy (non-hydrogen) atoms. The zero-order valence-electron chi connectivity index (χ0n) is 11.2. The van der Waals surface area contributed by atoms with Crippen LogP contribution in [-0.2, 0) is 4.79 Å². The van der Waals surface area contributed by atoms with Crippen LogP contribution >= 0.6 is 11.8 Å². The number of aliphatic hydroxyl groups excluding tert-OH is 1. The van der Waals surface area contributed by atoms with Crippen LogP contribution in [0.4, 0.5) is 0 Å². The third kappa shape index (κ3) is 4.54. The maximum atomic E-state index is 11.6. The number of benzene rings is 1.